The third-order valence-corrected chi connectivity index (χ3v) is 4.79. The standard InChI is InChI=1S/C19H20N2O3S2/c22-18(10-9-17-4-2-12-26-17)21-19(25)20-14-5-7-15(8-6-14)24-13-16-3-1-11-23-16/h2,4-10,12,16H,1,3,11,13H2,(H2,20,21,22,25). The molecule has 2 N–H and O–H groups in total. The highest BCUT2D eigenvalue weighted by Crippen LogP contribution is 2.18. The molecule has 1 atom stereocenters. The molecule has 1 aliphatic heterocycles. The fourth-order valence-electron chi connectivity index (χ4n) is 2.46. The minimum Gasteiger partial charge on any atom is -0.491 e. The van der Waals surface area contributed by atoms with E-state index in [1.165, 1.54) is 6.08 Å². The minimum absolute atomic E-state index is 0.192. The van der Waals surface area contributed by atoms with Crippen LogP contribution in [0.4, 0.5) is 5.69 Å². The van der Waals surface area contributed by atoms with Gasteiger partial charge in [0.25, 0.3) is 0 Å². The van der Waals surface area contributed by atoms with E-state index in [1.807, 2.05) is 41.8 Å². The van der Waals surface area contributed by atoms with Crippen molar-refractivity contribution in [1.29, 1.82) is 0 Å². The summed E-state index contributed by atoms with van der Waals surface area (Å²) in [6, 6.07) is 11.3. The molecule has 0 aliphatic carbocycles. The molecular formula is C19H20N2O3S2. The number of anilines is 1. The highest BCUT2D eigenvalue weighted by Gasteiger charge is 2.15. The van der Waals surface area contributed by atoms with E-state index < -0.39 is 0 Å². The van der Waals surface area contributed by atoms with Crippen LogP contribution in [0.2, 0.25) is 0 Å². The number of amides is 1. The molecule has 1 aromatic carbocycles. The van der Waals surface area contributed by atoms with E-state index in [9.17, 15) is 4.79 Å². The SMILES string of the molecule is O=C(C=Cc1cccs1)NC(=S)Nc1ccc(OCC2CCCO2)cc1. The van der Waals surface area contributed by atoms with Gasteiger partial charge in [0.15, 0.2) is 5.11 Å². The van der Waals surface area contributed by atoms with Crippen molar-refractivity contribution in [1.82, 2.24) is 5.32 Å². The first-order valence-electron chi connectivity index (χ1n) is 8.37. The molecule has 0 bridgehead atoms. The van der Waals surface area contributed by atoms with Crippen molar-refractivity contribution in [2.45, 2.75) is 18.9 Å². The maximum absolute atomic E-state index is 11.9. The predicted molar refractivity (Wildman–Crippen MR) is 109 cm³/mol. The lowest BCUT2D eigenvalue weighted by Crippen LogP contribution is -2.32. The molecular weight excluding hydrogens is 368 g/mol. The van der Waals surface area contributed by atoms with Crippen molar-refractivity contribution >= 4 is 46.3 Å². The van der Waals surface area contributed by atoms with Crippen molar-refractivity contribution in [3.05, 3.63) is 52.7 Å². The number of carbonyl (C=O) groups excluding carboxylic acids is 1. The van der Waals surface area contributed by atoms with E-state index in [0.717, 1.165) is 35.8 Å². The van der Waals surface area contributed by atoms with Crippen LogP contribution in [0.15, 0.2) is 47.9 Å². The number of benzene rings is 1. The topological polar surface area (TPSA) is 59.6 Å². The number of ether oxygens (including phenoxy) is 2. The second-order valence-corrected chi connectivity index (χ2v) is 7.15. The molecule has 0 radical (unpaired) electrons. The third-order valence-electron chi connectivity index (χ3n) is 3.75. The lowest BCUT2D eigenvalue weighted by Gasteiger charge is -2.12. The van der Waals surface area contributed by atoms with Crippen LogP contribution >= 0.6 is 23.6 Å². The second-order valence-electron chi connectivity index (χ2n) is 5.76. The van der Waals surface area contributed by atoms with Gasteiger partial charge in [0.05, 0.1) is 6.10 Å². The Kier molecular flexibility index (Phi) is 6.76. The Hall–Kier alpha value is -2.22. The zero-order valence-corrected chi connectivity index (χ0v) is 15.8. The summed E-state index contributed by atoms with van der Waals surface area (Å²) >= 11 is 6.73. The lowest BCUT2D eigenvalue weighted by molar-refractivity contribution is -0.115. The van der Waals surface area contributed by atoms with Gasteiger partial charge in [-0.15, -0.1) is 11.3 Å². The number of hydrogen-bond acceptors (Lipinski definition) is 5. The first-order chi connectivity index (χ1) is 12.7. The highest BCUT2D eigenvalue weighted by atomic mass is 32.1. The Morgan fingerprint density at radius 3 is 2.88 bits per heavy atom. The summed E-state index contributed by atoms with van der Waals surface area (Å²) in [5, 5.41) is 7.80. The van der Waals surface area contributed by atoms with Gasteiger partial charge in [-0.2, -0.15) is 0 Å². The van der Waals surface area contributed by atoms with E-state index in [2.05, 4.69) is 10.6 Å². The number of thiocarbonyl (C=S) groups is 1. The zero-order valence-electron chi connectivity index (χ0n) is 14.1. The smallest absolute Gasteiger partial charge is 0.250 e. The van der Waals surface area contributed by atoms with E-state index in [-0.39, 0.29) is 17.1 Å². The van der Waals surface area contributed by atoms with Gasteiger partial charge in [-0.25, -0.2) is 0 Å². The summed E-state index contributed by atoms with van der Waals surface area (Å²) in [7, 11) is 0. The number of rotatable bonds is 6. The maximum atomic E-state index is 11.9. The van der Waals surface area contributed by atoms with Crippen LogP contribution in [0.1, 0.15) is 17.7 Å². The molecule has 7 heteroatoms. The lowest BCUT2D eigenvalue weighted by atomic mass is 10.2. The highest BCUT2D eigenvalue weighted by molar-refractivity contribution is 7.80. The molecule has 1 unspecified atom stereocenters. The van der Waals surface area contributed by atoms with Crippen LogP contribution in [0.5, 0.6) is 5.75 Å². The number of nitrogens with one attached hydrogen (secondary N) is 2. The third kappa shape index (κ3) is 5.94. The molecule has 0 saturated carbocycles. The Bertz CT molecular complexity index is 752. The number of carbonyl (C=O) groups is 1. The fraction of sp³-hybridized carbons (Fsp3) is 0.263. The second kappa shape index (κ2) is 9.47. The van der Waals surface area contributed by atoms with Crippen LogP contribution in [0.3, 0.4) is 0 Å². The van der Waals surface area contributed by atoms with E-state index >= 15 is 0 Å². The van der Waals surface area contributed by atoms with Gasteiger partial charge in [-0.1, -0.05) is 6.07 Å². The average molecular weight is 389 g/mol. The Balaban J connectivity index is 1.42. The van der Waals surface area contributed by atoms with Gasteiger partial charge in [-0.05, 0) is 66.8 Å². The molecule has 5 nitrogen and oxygen atoms in total. The molecule has 1 fully saturated rings. The van der Waals surface area contributed by atoms with E-state index in [1.54, 1.807) is 17.4 Å². The monoisotopic (exact) mass is 388 g/mol. The van der Waals surface area contributed by atoms with Crippen molar-refractivity contribution in [3.8, 4) is 5.75 Å². The summed E-state index contributed by atoms with van der Waals surface area (Å²) in [4.78, 5) is 12.9. The predicted octanol–water partition coefficient (Wildman–Crippen LogP) is 3.83. The molecule has 2 heterocycles. The van der Waals surface area contributed by atoms with Gasteiger partial charge in [0.1, 0.15) is 12.4 Å². The van der Waals surface area contributed by atoms with Crippen LogP contribution in [-0.4, -0.2) is 30.3 Å². The maximum Gasteiger partial charge on any atom is 0.250 e. The first kappa shape index (κ1) is 18.6. The zero-order chi connectivity index (χ0) is 18.2. The van der Waals surface area contributed by atoms with Crippen LogP contribution in [0, 0.1) is 0 Å². The average Bonchev–Trinajstić information content (AvgIpc) is 3.33. The van der Waals surface area contributed by atoms with E-state index in [0.29, 0.717) is 6.61 Å². The number of hydrogen-bond donors (Lipinski definition) is 2. The van der Waals surface area contributed by atoms with Crippen molar-refractivity contribution in [2.24, 2.45) is 0 Å². The molecule has 2 aromatic rings. The summed E-state index contributed by atoms with van der Waals surface area (Å²) < 4.78 is 11.3. The van der Waals surface area contributed by atoms with Gasteiger partial charge < -0.3 is 14.8 Å². The fourth-order valence-corrected chi connectivity index (χ4v) is 3.30. The largest absolute Gasteiger partial charge is 0.491 e. The van der Waals surface area contributed by atoms with Gasteiger partial charge in [0, 0.05) is 23.2 Å². The van der Waals surface area contributed by atoms with Crippen LogP contribution < -0.4 is 15.4 Å². The van der Waals surface area contributed by atoms with Gasteiger partial charge in [-0.3, -0.25) is 10.1 Å². The molecule has 26 heavy (non-hydrogen) atoms. The Morgan fingerprint density at radius 1 is 1.35 bits per heavy atom. The summed E-state index contributed by atoms with van der Waals surface area (Å²) in [6.07, 6.45) is 5.56. The number of thiophene rings is 1. The van der Waals surface area contributed by atoms with E-state index in [4.69, 9.17) is 21.7 Å². The summed E-state index contributed by atoms with van der Waals surface area (Å²) in [5.74, 6) is 0.507. The molecule has 1 saturated heterocycles. The van der Waals surface area contributed by atoms with Gasteiger partial charge >= 0.3 is 0 Å². The van der Waals surface area contributed by atoms with Crippen molar-refractivity contribution in [3.63, 3.8) is 0 Å². The van der Waals surface area contributed by atoms with Crippen molar-refractivity contribution < 1.29 is 14.3 Å². The minimum atomic E-state index is -0.271. The van der Waals surface area contributed by atoms with Gasteiger partial charge in [0.2, 0.25) is 5.91 Å². The molecule has 0 spiro atoms. The molecule has 1 aromatic heterocycles. The first-order valence-corrected chi connectivity index (χ1v) is 9.66. The normalized spacial score (nSPS) is 16.5. The molecule has 1 aliphatic rings. The summed E-state index contributed by atoms with van der Waals surface area (Å²) in [6.45, 7) is 1.39. The Labute approximate surface area is 162 Å². The van der Waals surface area contributed by atoms with Crippen LogP contribution in [-0.2, 0) is 9.53 Å². The van der Waals surface area contributed by atoms with Crippen LogP contribution in [0.25, 0.3) is 6.08 Å². The Morgan fingerprint density at radius 2 is 2.19 bits per heavy atom. The van der Waals surface area contributed by atoms with Crippen molar-refractivity contribution in [2.75, 3.05) is 18.5 Å². The molecule has 3 rings (SSSR count). The molecule has 1 amide bonds. The quantitative estimate of drug-likeness (QED) is 0.582. The summed E-state index contributed by atoms with van der Waals surface area (Å²) in [5.41, 5.74) is 0.780. The molecule has 136 valence electrons.